The van der Waals surface area contributed by atoms with E-state index in [4.69, 9.17) is 14.2 Å². The summed E-state index contributed by atoms with van der Waals surface area (Å²) >= 11 is 0. The Bertz CT molecular complexity index is 940. The standard InChI is InChI=1S/C31H53N3O4/c1-17-9-12-26(21(5)20(17)4)22(6)24(8)34-15-25(32-33-34)16-36-29-23(7)28-13-10-18(2)27-14-11-19(3)37-30(38-29)31(27,28)35/h15,17-24,26-30,35H,9-14,16H2,1-8H3. The maximum atomic E-state index is 12.1. The lowest BCUT2D eigenvalue weighted by Crippen LogP contribution is -2.66. The predicted octanol–water partition coefficient (Wildman–Crippen LogP) is 6.22. The van der Waals surface area contributed by atoms with Gasteiger partial charge in [0.2, 0.25) is 0 Å². The molecule has 5 rings (SSSR count). The lowest BCUT2D eigenvalue weighted by atomic mass is 9.58. The van der Waals surface area contributed by atoms with E-state index in [0.29, 0.717) is 24.4 Å². The second-order valence-electron chi connectivity index (χ2n) is 13.9. The first-order valence-corrected chi connectivity index (χ1v) is 15.6. The zero-order chi connectivity index (χ0) is 27.4. The molecule has 1 aromatic rings. The zero-order valence-corrected chi connectivity index (χ0v) is 25.0. The summed E-state index contributed by atoms with van der Waals surface area (Å²) in [7, 11) is 0. The summed E-state index contributed by atoms with van der Waals surface area (Å²) in [6, 6.07) is 0.284. The first kappa shape index (κ1) is 28.5. The van der Waals surface area contributed by atoms with Crippen molar-refractivity contribution in [3.05, 3.63) is 11.9 Å². The van der Waals surface area contributed by atoms with Crippen molar-refractivity contribution in [1.29, 1.82) is 0 Å². The van der Waals surface area contributed by atoms with E-state index in [0.717, 1.165) is 49.1 Å². The van der Waals surface area contributed by atoms with Gasteiger partial charge < -0.3 is 19.3 Å². The highest BCUT2D eigenvalue weighted by molar-refractivity contribution is 5.06. The van der Waals surface area contributed by atoms with Crippen LogP contribution in [0, 0.1) is 53.3 Å². The number of nitrogens with zero attached hydrogens (tertiary/aromatic N) is 3. The van der Waals surface area contributed by atoms with Crippen LogP contribution in [0.1, 0.15) is 106 Å². The van der Waals surface area contributed by atoms with Crippen molar-refractivity contribution in [2.75, 3.05) is 0 Å². The predicted molar refractivity (Wildman–Crippen MR) is 147 cm³/mol. The number of aromatic nitrogens is 3. The molecule has 2 aliphatic heterocycles. The Morgan fingerprint density at radius 3 is 2.39 bits per heavy atom. The third-order valence-corrected chi connectivity index (χ3v) is 11.9. The molecule has 216 valence electrons. The Morgan fingerprint density at radius 2 is 1.63 bits per heavy atom. The van der Waals surface area contributed by atoms with E-state index >= 15 is 0 Å². The van der Waals surface area contributed by atoms with Crippen molar-refractivity contribution >= 4 is 0 Å². The van der Waals surface area contributed by atoms with Gasteiger partial charge in [0.05, 0.1) is 24.9 Å². The van der Waals surface area contributed by atoms with Crippen LogP contribution in [0.5, 0.6) is 0 Å². The topological polar surface area (TPSA) is 78.6 Å². The summed E-state index contributed by atoms with van der Waals surface area (Å²) in [6.07, 6.45) is 7.73. The number of ether oxygens (including phenoxy) is 3. The molecule has 38 heavy (non-hydrogen) atoms. The fourth-order valence-electron chi connectivity index (χ4n) is 8.70. The molecule has 7 heteroatoms. The highest BCUT2D eigenvalue weighted by Crippen LogP contribution is 2.55. The zero-order valence-electron chi connectivity index (χ0n) is 25.0. The second kappa shape index (κ2) is 11.1. The third-order valence-electron chi connectivity index (χ3n) is 11.9. The van der Waals surface area contributed by atoms with E-state index in [-0.39, 0.29) is 29.9 Å². The van der Waals surface area contributed by atoms with Crippen LogP contribution in [0.3, 0.4) is 0 Å². The minimum absolute atomic E-state index is 0.0676. The van der Waals surface area contributed by atoms with Crippen LogP contribution in [0.2, 0.25) is 0 Å². The highest BCUT2D eigenvalue weighted by atomic mass is 16.8. The van der Waals surface area contributed by atoms with Crippen molar-refractivity contribution in [3.8, 4) is 0 Å². The van der Waals surface area contributed by atoms with E-state index in [9.17, 15) is 5.11 Å². The summed E-state index contributed by atoms with van der Waals surface area (Å²) in [5.74, 6) is 4.42. The molecule has 0 aromatic carbocycles. The molecule has 0 bridgehead atoms. The van der Waals surface area contributed by atoms with Crippen LogP contribution in [-0.2, 0) is 20.8 Å². The average Bonchev–Trinajstić information content (AvgIpc) is 3.31. The maximum Gasteiger partial charge on any atom is 0.190 e. The molecule has 2 saturated carbocycles. The number of rotatable bonds is 6. The molecule has 4 fully saturated rings. The summed E-state index contributed by atoms with van der Waals surface area (Å²) in [5.41, 5.74) is -0.119. The van der Waals surface area contributed by atoms with Crippen LogP contribution in [0.4, 0.5) is 0 Å². The van der Waals surface area contributed by atoms with Crippen LogP contribution in [-0.4, -0.2) is 44.4 Å². The molecular weight excluding hydrogens is 478 g/mol. The second-order valence-corrected chi connectivity index (χ2v) is 13.9. The van der Waals surface area contributed by atoms with Gasteiger partial charge in [0.15, 0.2) is 12.6 Å². The number of hydrogen-bond acceptors (Lipinski definition) is 6. The Kier molecular flexibility index (Phi) is 8.33. The summed E-state index contributed by atoms with van der Waals surface area (Å²) in [6.45, 7) is 18.8. The van der Waals surface area contributed by atoms with Crippen molar-refractivity contribution < 1.29 is 19.3 Å². The largest absolute Gasteiger partial charge is 0.384 e. The van der Waals surface area contributed by atoms with Crippen molar-refractivity contribution in [2.24, 2.45) is 53.3 Å². The van der Waals surface area contributed by atoms with Crippen LogP contribution < -0.4 is 0 Å². The van der Waals surface area contributed by atoms with Gasteiger partial charge in [0, 0.05) is 11.8 Å². The summed E-state index contributed by atoms with van der Waals surface area (Å²) in [4.78, 5) is 0. The highest BCUT2D eigenvalue weighted by Gasteiger charge is 2.62. The van der Waals surface area contributed by atoms with Crippen molar-refractivity contribution in [1.82, 2.24) is 15.0 Å². The first-order chi connectivity index (χ1) is 18.0. The first-order valence-electron chi connectivity index (χ1n) is 15.6. The van der Waals surface area contributed by atoms with E-state index in [1.807, 2.05) is 10.9 Å². The van der Waals surface area contributed by atoms with Crippen LogP contribution in [0.15, 0.2) is 6.20 Å². The molecule has 14 atom stereocenters. The van der Waals surface area contributed by atoms with Gasteiger partial charge >= 0.3 is 0 Å². The lowest BCUT2D eigenvalue weighted by molar-refractivity contribution is -0.383. The van der Waals surface area contributed by atoms with E-state index in [1.54, 1.807) is 0 Å². The van der Waals surface area contributed by atoms with Gasteiger partial charge in [0.1, 0.15) is 11.3 Å². The Balaban J connectivity index is 1.23. The van der Waals surface area contributed by atoms with Gasteiger partial charge in [-0.25, -0.2) is 4.68 Å². The molecule has 3 heterocycles. The molecule has 1 aromatic heterocycles. The monoisotopic (exact) mass is 531 g/mol. The number of hydrogen-bond donors (Lipinski definition) is 1. The fraction of sp³-hybridized carbons (Fsp3) is 0.935. The minimum atomic E-state index is -0.943. The van der Waals surface area contributed by atoms with Gasteiger partial charge in [-0.2, -0.15) is 0 Å². The SMILES string of the molecule is CC1CCC2C(C)CCC3C(C)C(OCc4cn(C(C)C(C)C5CCC(C)C(C)C5C)nn4)OC(O1)C23O. The van der Waals surface area contributed by atoms with Gasteiger partial charge in [-0.05, 0) is 87.4 Å². The molecule has 2 saturated heterocycles. The smallest absolute Gasteiger partial charge is 0.190 e. The van der Waals surface area contributed by atoms with E-state index in [2.05, 4.69) is 65.7 Å². The molecule has 0 spiro atoms. The Hall–Kier alpha value is -1.02. The van der Waals surface area contributed by atoms with Crippen LogP contribution in [0.25, 0.3) is 0 Å². The van der Waals surface area contributed by atoms with Gasteiger partial charge in [-0.15, -0.1) is 5.10 Å². The average molecular weight is 532 g/mol. The number of aliphatic hydroxyl groups is 1. The molecule has 7 nitrogen and oxygen atoms in total. The van der Waals surface area contributed by atoms with Crippen molar-refractivity contribution in [2.45, 2.75) is 131 Å². The normalized spacial score (nSPS) is 47.1. The minimum Gasteiger partial charge on any atom is -0.384 e. The third kappa shape index (κ3) is 4.99. The molecule has 2 aliphatic carbocycles. The molecular formula is C31H53N3O4. The maximum absolute atomic E-state index is 12.1. The van der Waals surface area contributed by atoms with Crippen LogP contribution >= 0.6 is 0 Å². The fourth-order valence-corrected chi connectivity index (χ4v) is 8.70. The molecule has 14 unspecified atom stereocenters. The molecule has 0 radical (unpaired) electrons. The molecule has 0 amide bonds. The quantitative estimate of drug-likeness (QED) is 0.469. The van der Waals surface area contributed by atoms with E-state index < -0.39 is 18.2 Å². The summed E-state index contributed by atoms with van der Waals surface area (Å²) < 4.78 is 21.1. The molecule has 1 N–H and O–H groups in total. The Morgan fingerprint density at radius 1 is 0.921 bits per heavy atom. The van der Waals surface area contributed by atoms with Gasteiger partial charge in [-0.1, -0.05) is 53.2 Å². The van der Waals surface area contributed by atoms with Crippen molar-refractivity contribution in [3.63, 3.8) is 0 Å². The summed E-state index contributed by atoms with van der Waals surface area (Å²) in [5, 5.41) is 21.0. The molecule has 4 aliphatic rings. The van der Waals surface area contributed by atoms with Gasteiger partial charge in [0.25, 0.3) is 0 Å². The lowest BCUT2D eigenvalue weighted by Gasteiger charge is -2.57. The van der Waals surface area contributed by atoms with E-state index in [1.165, 1.54) is 12.8 Å². The van der Waals surface area contributed by atoms with Gasteiger partial charge in [-0.3, -0.25) is 0 Å². The Labute approximate surface area is 230 Å².